The Morgan fingerprint density at radius 1 is 1.25 bits per heavy atom. The predicted molar refractivity (Wildman–Crippen MR) is 107 cm³/mol. The number of aliphatic hydroxyl groups is 2. The Balaban J connectivity index is 1.94. The molecule has 1 aromatic carbocycles. The molecule has 4 N–H and O–H groups in total. The number of amides is 1. The topological polar surface area (TPSA) is 100 Å². The van der Waals surface area contributed by atoms with Gasteiger partial charge in [-0.25, -0.2) is 4.79 Å². The molecular formula is C21H34N2O5. The van der Waals surface area contributed by atoms with Gasteiger partial charge in [-0.15, -0.1) is 0 Å². The summed E-state index contributed by atoms with van der Waals surface area (Å²) in [7, 11) is 0. The fourth-order valence-corrected chi connectivity index (χ4v) is 3.28. The summed E-state index contributed by atoms with van der Waals surface area (Å²) in [6.45, 7) is 6.23. The Hall–Kier alpha value is -1.67. The molecular weight excluding hydrogens is 360 g/mol. The van der Waals surface area contributed by atoms with E-state index in [9.17, 15) is 9.90 Å². The van der Waals surface area contributed by atoms with Gasteiger partial charge in [0.25, 0.3) is 0 Å². The molecule has 0 aliphatic carbocycles. The molecule has 1 aliphatic heterocycles. The molecule has 1 aromatic rings. The number of benzene rings is 1. The summed E-state index contributed by atoms with van der Waals surface area (Å²) in [5.41, 5.74) is 1.03. The van der Waals surface area contributed by atoms with Crippen LogP contribution in [0.25, 0.3) is 0 Å². The molecule has 0 bridgehead atoms. The third-order valence-electron chi connectivity index (χ3n) is 4.87. The number of aliphatic hydroxyl groups excluding tert-OH is 2. The molecule has 1 heterocycles. The maximum atomic E-state index is 12.5. The van der Waals surface area contributed by atoms with Gasteiger partial charge in [-0.1, -0.05) is 44.2 Å². The Morgan fingerprint density at radius 2 is 2.00 bits per heavy atom. The molecule has 28 heavy (non-hydrogen) atoms. The van der Waals surface area contributed by atoms with E-state index in [1.165, 1.54) is 0 Å². The highest BCUT2D eigenvalue weighted by Crippen LogP contribution is 2.20. The number of hydrogen-bond acceptors (Lipinski definition) is 6. The molecule has 0 saturated carbocycles. The van der Waals surface area contributed by atoms with Gasteiger partial charge in [0.15, 0.2) is 0 Å². The first-order valence-electron chi connectivity index (χ1n) is 10.1. The minimum atomic E-state index is -0.750. The number of ether oxygens (including phenoxy) is 2. The van der Waals surface area contributed by atoms with Crippen molar-refractivity contribution in [3.05, 3.63) is 35.9 Å². The van der Waals surface area contributed by atoms with Crippen molar-refractivity contribution in [1.29, 1.82) is 0 Å². The largest absolute Gasteiger partial charge is 0.443 e. The maximum Gasteiger partial charge on any atom is 0.407 e. The van der Waals surface area contributed by atoms with Crippen molar-refractivity contribution in [2.24, 2.45) is 11.8 Å². The first-order chi connectivity index (χ1) is 13.5. The van der Waals surface area contributed by atoms with Gasteiger partial charge in [-0.2, -0.15) is 0 Å². The zero-order valence-electron chi connectivity index (χ0n) is 16.8. The van der Waals surface area contributed by atoms with Crippen molar-refractivity contribution in [3.63, 3.8) is 0 Å². The molecule has 4 atom stereocenters. The number of carbonyl (C=O) groups excluding carboxylic acids is 1. The zero-order valence-corrected chi connectivity index (χ0v) is 16.8. The number of carbonyl (C=O) groups is 1. The van der Waals surface area contributed by atoms with Gasteiger partial charge in [0, 0.05) is 19.1 Å². The Kier molecular flexibility index (Phi) is 9.70. The molecule has 1 amide bonds. The van der Waals surface area contributed by atoms with E-state index < -0.39 is 18.2 Å². The highest BCUT2D eigenvalue weighted by atomic mass is 16.6. The lowest BCUT2D eigenvalue weighted by atomic mass is 10.0. The number of nitrogens with one attached hydrogen (secondary N) is 2. The highest BCUT2D eigenvalue weighted by Gasteiger charge is 2.32. The van der Waals surface area contributed by atoms with Crippen molar-refractivity contribution < 1.29 is 24.5 Å². The molecule has 158 valence electrons. The average molecular weight is 395 g/mol. The van der Waals surface area contributed by atoms with Crippen LogP contribution in [0.3, 0.4) is 0 Å². The van der Waals surface area contributed by atoms with Crippen molar-refractivity contribution in [1.82, 2.24) is 10.6 Å². The molecule has 2 rings (SSSR count). The van der Waals surface area contributed by atoms with Gasteiger partial charge in [0.1, 0.15) is 6.10 Å². The van der Waals surface area contributed by atoms with Gasteiger partial charge >= 0.3 is 6.09 Å². The average Bonchev–Trinajstić information content (AvgIpc) is 3.08. The second kappa shape index (κ2) is 12.0. The van der Waals surface area contributed by atoms with Crippen LogP contribution in [0.15, 0.2) is 30.3 Å². The van der Waals surface area contributed by atoms with Crippen LogP contribution in [0.2, 0.25) is 0 Å². The van der Waals surface area contributed by atoms with E-state index in [0.29, 0.717) is 38.5 Å². The summed E-state index contributed by atoms with van der Waals surface area (Å²) >= 11 is 0. The number of rotatable bonds is 11. The maximum absolute atomic E-state index is 12.5. The Labute approximate surface area is 167 Å². The van der Waals surface area contributed by atoms with Crippen LogP contribution in [0, 0.1) is 11.8 Å². The fraction of sp³-hybridized carbons (Fsp3) is 0.667. The van der Waals surface area contributed by atoms with Crippen LogP contribution >= 0.6 is 0 Å². The van der Waals surface area contributed by atoms with E-state index in [2.05, 4.69) is 24.5 Å². The van der Waals surface area contributed by atoms with Crippen LogP contribution in [-0.2, 0) is 15.9 Å². The summed E-state index contributed by atoms with van der Waals surface area (Å²) in [6, 6.07) is 9.26. The van der Waals surface area contributed by atoms with E-state index in [0.717, 1.165) is 12.1 Å². The molecule has 0 radical (unpaired) electrons. The minimum absolute atomic E-state index is 0.000885. The predicted octanol–water partition coefficient (Wildman–Crippen LogP) is 1.33. The van der Waals surface area contributed by atoms with E-state index in [-0.39, 0.29) is 18.6 Å². The molecule has 0 aromatic heterocycles. The summed E-state index contributed by atoms with van der Waals surface area (Å²) in [4.78, 5) is 12.5. The first kappa shape index (κ1) is 22.6. The lowest BCUT2D eigenvalue weighted by Gasteiger charge is -2.26. The summed E-state index contributed by atoms with van der Waals surface area (Å²) < 4.78 is 10.9. The van der Waals surface area contributed by atoms with Crippen LogP contribution in [0.5, 0.6) is 0 Å². The van der Waals surface area contributed by atoms with Gasteiger partial charge in [0.05, 0.1) is 25.4 Å². The lowest BCUT2D eigenvalue weighted by Crippen LogP contribution is -2.50. The monoisotopic (exact) mass is 394 g/mol. The first-order valence-corrected chi connectivity index (χ1v) is 10.1. The van der Waals surface area contributed by atoms with Crippen LogP contribution < -0.4 is 10.6 Å². The highest BCUT2D eigenvalue weighted by molar-refractivity contribution is 5.68. The van der Waals surface area contributed by atoms with Gasteiger partial charge in [-0.3, -0.25) is 0 Å². The molecule has 7 heteroatoms. The Bertz CT molecular complexity index is 569. The summed E-state index contributed by atoms with van der Waals surface area (Å²) in [5, 5.41) is 25.8. The van der Waals surface area contributed by atoms with E-state index in [1.54, 1.807) is 0 Å². The number of alkyl carbamates (subject to hydrolysis) is 1. The van der Waals surface area contributed by atoms with Gasteiger partial charge in [-0.05, 0) is 30.9 Å². The molecule has 0 spiro atoms. The smallest absolute Gasteiger partial charge is 0.407 e. The molecule has 1 aliphatic rings. The van der Waals surface area contributed by atoms with Crippen LogP contribution in [-0.4, -0.2) is 67.5 Å². The van der Waals surface area contributed by atoms with Crippen molar-refractivity contribution >= 4 is 6.09 Å². The molecule has 1 saturated heterocycles. The van der Waals surface area contributed by atoms with Crippen LogP contribution in [0.1, 0.15) is 25.8 Å². The summed E-state index contributed by atoms with van der Waals surface area (Å²) in [5.74, 6) is 0.476. The Morgan fingerprint density at radius 3 is 2.68 bits per heavy atom. The normalized spacial score (nSPS) is 21.5. The van der Waals surface area contributed by atoms with Crippen molar-refractivity contribution in [2.45, 2.75) is 44.9 Å². The van der Waals surface area contributed by atoms with E-state index in [4.69, 9.17) is 14.6 Å². The second-order valence-corrected chi connectivity index (χ2v) is 7.81. The van der Waals surface area contributed by atoms with Gasteiger partial charge in [0.2, 0.25) is 0 Å². The third kappa shape index (κ3) is 7.75. The zero-order chi connectivity index (χ0) is 20.4. The van der Waals surface area contributed by atoms with Gasteiger partial charge < -0.3 is 30.3 Å². The fourth-order valence-electron chi connectivity index (χ4n) is 3.28. The standard InChI is InChI=1S/C21H34N2O5/c1-15(2)11-22-12-19(25)18(10-16-6-4-3-5-7-16)23-21(26)28-20-14-27-13-17(20)8-9-24/h3-7,15,17-20,22,24-25H,8-14H2,1-2H3,(H,23,26)/t17?,18-,19+,20-/m0/s1. The summed E-state index contributed by atoms with van der Waals surface area (Å²) in [6.07, 6.45) is -0.656. The second-order valence-electron chi connectivity index (χ2n) is 7.81. The van der Waals surface area contributed by atoms with Crippen molar-refractivity contribution in [3.8, 4) is 0 Å². The third-order valence-corrected chi connectivity index (χ3v) is 4.87. The number of hydrogen-bond donors (Lipinski definition) is 4. The molecule has 7 nitrogen and oxygen atoms in total. The minimum Gasteiger partial charge on any atom is -0.443 e. The quantitative estimate of drug-likeness (QED) is 0.452. The molecule has 1 unspecified atom stereocenters. The lowest BCUT2D eigenvalue weighted by molar-refractivity contribution is 0.0557. The van der Waals surface area contributed by atoms with Crippen LogP contribution in [0.4, 0.5) is 4.79 Å². The SMILES string of the molecule is CC(C)CNC[C@@H](O)[C@H](Cc1ccccc1)NC(=O)O[C@H]1COCC1CCO. The molecule has 1 fully saturated rings. The van der Waals surface area contributed by atoms with Crippen molar-refractivity contribution in [2.75, 3.05) is 32.9 Å². The van der Waals surface area contributed by atoms with E-state index >= 15 is 0 Å². The van der Waals surface area contributed by atoms with E-state index in [1.807, 2.05) is 30.3 Å².